The van der Waals surface area contributed by atoms with Crippen molar-refractivity contribution < 1.29 is 14.3 Å². The molecule has 6 N–H and O–H groups in total. The lowest BCUT2D eigenvalue weighted by Gasteiger charge is -2.22. The third-order valence-electron chi connectivity index (χ3n) is 5.71. The zero-order valence-electron chi connectivity index (χ0n) is 17.4. The Kier molecular flexibility index (Phi) is 5.55. The first-order valence-corrected chi connectivity index (χ1v) is 10.5. The van der Waals surface area contributed by atoms with Crippen LogP contribution in [0.5, 0.6) is 0 Å². The van der Waals surface area contributed by atoms with Gasteiger partial charge in [-0.05, 0) is 31.0 Å². The first-order chi connectivity index (χ1) is 15.6. The van der Waals surface area contributed by atoms with Crippen LogP contribution in [-0.4, -0.2) is 69.4 Å². The topological polar surface area (TPSA) is 168 Å². The van der Waals surface area contributed by atoms with Gasteiger partial charge in [-0.1, -0.05) is 0 Å². The monoisotopic (exact) mass is 439 g/mol. The van der Waals surface area contributed by atoms with E-state index < -0.39 is 5.91 Å². The smallest absolute Gasteiger partial charge is 0.273 e. The predicted molar refractivity (Wildman–Crippen MR) is 117 cm³/mol. The number of anilines is 3. The number of benzene rings is 1. The molecule has 0 aliphatic carbocycles. The van der Waals surface area contributed by atoms with Gasteiger partial charge >= 0.3 is 0 Å². The van der Waals surface area contributed by atoms with Crippen molar-refractivity contribution in [2.24, 2.45) is 11.5 Å². The van der Waals surface area contributed by atoms with Crippen molar-refractivity contribution in [2.75, 3.05) is 37.1 Å². The minimum atomic E-state index is -0.728. The molecule has 12 heteroatoms. The molecule has 12 nitrogen and oxygen atoms in total. The van der Waals surface area contributed by atoms with Gasteiger partial charge in [0.15, 0.2) is 11.5 Å². The Labute approximate surface area is 183 Å². The first-order valence-electron chi connectivity index (χ1n) is 10.5. The number of fused-ring (bicyclic) bond motifs is 1. The molecular formula is C20H25N9O3. The van der Waals surface area contributed by atoms with Crippen LogP contribution in [0.15, 0.2) is 24.4 Å². The molecule has 2 aliphatic heterocycles. The second-order valence-corrected chi connectivity index (χ2v) is 8.00. The number of hydrogen-bond donors (Lipinski definition) is 4. The van der Waals surface area contributed by atoms with Crippen molar-refractivity contribution in [2.45, 2.75) is 31.0 Å². The fraction of sp³-hybridized carbons (Fsp3) is 0.450. The molecule has 4 heterocycles. The number of hydrogen-bond acceptors (Lipinski definition) is 10. The van der Waals surface area contributed by atoms with E-state index in [1.807, 2.05) is 29.1 Å². The van der Waals surface area contributed by atoms with E-state index >= 15 is 0 Å². The lowest BCUT2D eigenvalue weighted by molar-refractivity contribution is 0.0664. The minimum absolute atomic E-state index is 0.0551. The van der Waals surface area contributed by atoms with Crippen molar-refractivity contribution in [1.82, 2.24) is 25.0 Å². The Balaban J connectivity index is 1.40. The molecule has 0 saturated carbocycles. The van der Waals surface area contributed by atoms with Crippen molar-refractivity contribution in [3.8, 4) is 0 Å². The zero-order valence-corrected chi connectivity index (χ0v) is 17.4. The van der Waals surface area contributed by atoms with E-state index in [2.05, 4.69) is 25.8 Å². The maximum atomic E-state index is 11.9. The number of nitrogens with two attached hydrogens (primary N) is 2. The molecule has 0 unspecified atom stereocenters. The number of aromatic nitrogens is 5. The number of nitrogens with one attached hydrogen (secondary N) is 2. The summed E-state index contributed by atoms with van der Waals surface area (Å²) in [5.74, 6) is -0.288. The van der Waals surface area contributed by atoms with Crippen molar-refractivity contribution in [1.29, 1.82) is 0 Å². The predicted octanol–water partition coefficient (Wildman–Crippen LogP) is 0.553. The molecule has 5 rings (SSSR count). The quantitative estimate of drug-likeness (QED) is 0.426. The molecule has 168 valence electrons. The number of carbonyl (C=O) groups is 1. The van der Waals surface area contributed by atoms with E-state index in [1.165, 1.54) is 0 Å². The van der Waals surface area contributed by atoms with Crippen molar-refractivity contribution in [3.05, 3.63) is 30.1 Å². The normalized spacial score (nSPS) is 21.7. The Bertz CT molecular complexity index is 1130. The highest BCUT2D eigenvalue weighted by Crippen LogP contribution is 2.26. The molecule has 2 fully saturated rings. The second-order valence-electron chi connectivity index (χ2n) is 8.00. The van der Waals surface area contributed by atoms with Crippen LogP contribution in [0.25, 0.3) is 10.9 Å². The lowest BCUT2D eigenvalue weighted by Crippen LogP contribution is -2.39. The molecule has 3 aromatic rings. The van der Waals surface area contributed by atoms with Crippen molar-refractivity contribution >= 4 is 34.3 Å². The van der Waals surface area contributed by atoms with Gasteiger partial charge in [0.25, 0.3) is 5.91 Å². The molecule has 2 saturated heterocycles. The van der Waals surface area contributed by atoms with Gasteiger partial charge in [0.1, 0.15) is 0 Å². The van der Waals surface area contributed by atoms with Crippen LogP contribution in [0.1, 0.15) is 29.4 Å². The summed E-state index contributed by atoms with van der Waals surface area (Å²) in [7, 11) is 0. The number of amides is 1. The molecule has 2 atom stereocenters. The average Bonchev–Trinajstić information content (AvgIpc) is 3.40. The molecule has 2 aromatic heterocycles. The Morgan fingerprint density at radius 3 is 2.75 bits per heavy atom. The summed E-state index contributed by atoms with van der Waals surface area (Å²) in [6.45, 7) is 2.40. The summed E-state index contributed by atoms with van der Waals surface area (Å²) in [5.41, 5.74) is 13.0. The van der Waals surface area contributed by atoms with Gasteiger partial charge in [0.05, 0.1) is 36.9 Å². The molecule has 2 aliphatic rings. The van der Waals surface area contributed by atoms with Crippen LogP contribution in [-0.2, 0) is 9.47 Å². The maximum absolute atomic E-state index is 11.9. The standard InChI is InChI=1S/C20H25N9O3/c21-14-9-32-10-16(14)24-20-25-19(17(18(22)30)26-27-20)23-12-1-2-15-11(7-12)8-29(28-15)13-3-5-31-6-4-13/h1-2,7-8,13-14,16H,3-6,9-10,21H2,(H2,22,30)(H2,23,24,25,27)/t14-,16+/m0/s1. The summed E-state index contributed by atoms with van der Waals surface area (Å²) in [6, 6.07) is 5.74. The van der Waals surface area contributed by atoms with Gasteiger partial charge in [0, 0.05) is 30.5 Å². The van der Waals surface area contributed by atoms with E-state index in [1.54, 1.807) is 0 Å². The van der Waals surface area contributed by atoms with Crippen LogP contribution in [0.3, 0.4) is 0 Å². The van der Waals surface area contributed by atoms with Crippen LogP contribution in [0.4, 0.5) is 17.5 Å². The fourth-order valence-electron chi connectivity index (χ4n) is 3.92. The lowest BCUT2D eigenvalue weighted by atomic mass is 10.1. The van der Waals surface area contributed by atoms with Gasteiger partial charge in [-0.3, -0.25) is 9.48 Å². The molecule has 0 spiro atoms. The summed E-state index contributed by atoms with van der Waals surface area (Å²) >= 11 is 0. The van der Waals surface area contributed by atoms with Crippen molar-refractivity contribution in [3.63, 3.8) is 0 Å². The highest BCUT2D eigenvalue weighted by Gasteiger charge is 2.26. The third kappa shape index (κ3) is 4.20. The number of nitrogens with zero attached hydrogens (tertiary/aromatic N) is 5. The SMILES string of the molecule is NC(=O)c1nnc(N[C@@H]2COC[C@@H]2N)nc1Nc1ccc2nn(C3CCOCC3)cc2c1. The van der Waals surface area contributed by atoms with Gasteiger partial charge in [-0.15, -0.1) is 10.2 Å². The Morgan fingerprint density at radius 1 is 1.16 bits per heavy atom. The second kappa shape index (κ2) is 8.65. The summed E-state index contributed by atoms with van der Waals surface area (Å²) in [6.07, 6.45) is 3.91. The summed E-state index contributed by atoms with van der Waals surface area (Å²) < 4.78 is 12.8. The zero-order chi connectivity index (χ0) is 22.1. The molecule has 0 bridgehead atoms. The van der Waals surface area contributed by atoms with Gasteiger partial charge < -0.3 is 31.6 Å². The van der Waals surface area contributed by atoms with Crippen LogP contribution in [0, 0.1) is 0 Å². The van der Waals surface area contributed by atoms with E-state index in [4.69, 9.17) is 26.0 Å². The van der Waals surface area contributed by atoms with Crippen LogP contribution >= 0.6 is 0 Å². The van der Waals surface area contributed by atoms with Crippen LogP contribution < -0.4 is 22.1 Å². The van der Waals surface area contributed by atoms with E-state index in [9.17, 15) is 4.79 Å². The fourth-order valence-corrected chi connectivity index (χ4v) is 3.92. The molecule has 1 aromatic carbocycles. The van der Waals surface area contributed by atoms with E-state index in [-0.39, 0.29) is 29.5 Å². The first kappa shape index (κ1) is 20.5. The molecule has 32 heavy (non-hydrogen) atoms. The van der Waals surface area contributed by atoms with Crippen LogP contribution in [0.2, 0.25) is 0 Å². The highest BCUT2D eigenvalue weighted by molar-refractivity contribution is 5.96. The third-order valence-corrected chi connectivity index (χ3v) is 5.71. The van der Waals surface area contributed by atoms with Gasteiger partial charge in [0.2, 0.25) is 5.95 Å². The Hall–Kier alpha value is -3.35. The number of ether oxygens (including phenoxy) is 2. The number of rotatable bonds is 6. The average molecular weight is 439 g/mol. The molecular weight excluding hydrogens is 414 g/mol. The summed E-state index contributed by atoms with van der Waals surface area (Å²) in [5, 5.41) is 19.8. The molecule has 1 amide bonds. The highest BCUT2D eigenvalue weighted by atomic mass is 16.5. The van der Waals surface area contributed by atoms with Gasteiger partial charge in [-0.25, -0.2) is 0 Å². The number of carbonyl (C=O) groups excluding carboxylic acids is 1. The minimum Gasteiger partial charge on any atom is -0.381 e. The largest absolute Gasteiger partial charge is 0.381 e. The summed E-state index contributed by atoms with van der Waals surface area (Å²) in [4.78, 5) is 16.3. The van der Waals surface area contributed by atoms with E-state index in [0.29, 0.717) is 19.3 Å². The maximum Gasteiger partial charge on any atom is 0.273 e. The Morgan fingerprint density at radius 2 is 2.00 bits per heavy atom. The van der Waals surface area contributed by atoms with Gasteiger partial charge in [-0.2, -0.15) is 10.1 Å². The molecule has 0 radical (unpaired) electrons. The number of primary amides is 1. The van der Waals surface area contributed by atoms with E-state index in [0.717, 1.165) is 42.6 Å².